The largest absolute Gasteiger partial charge is 0.0884 e. The topological polar surface area (TPSA) is 0 Å². The van der Waals surface area contributed by atoms with E-state index in [4.69, 9.17) is 0 Å². The highest BCUT2D eigenvalue weighted by molar-refractivity contribution is 9.09. The summed E-state index contributed by atoms with van der Waals surface area (Å²) in [6, 6.07) is 8.57. The lowest BCUT2D eigenvalue weighted by molar-refractivity contribution is 0.851. The van der Waals surface area contributed by atoms with Crippen molar-refractivity contribution in [1.29, 1.82) is 0 Å². The first-order valence-electron chi connectivity index (χ1n) is 4.20. The fourth-order valence-corrected chi connectivity index (χ4v) is 2.14. The van der Waals surface area contributed by atoms with Crippen molar-refractivity contribution >= 4 is 22.0 Å². The molecule has 0 bridgehead atoms. The fraction of sp³-hybridized carbons (Fsp3) is 0.273. The Kier molecular flexibility index (Phi) is 2.05. The van der Waals surface area contributed by atoms with E-state index in [2.05, 4.69) is 59.3 Å². The number of hydrogen-bond donors (Lipinski definition) is 0. The molecule has 2 rings (SSSR count). The second kappa shape index (κ2) is 3.06. The minimum Gasteiger partial charge on any atom is -0.0884 e. The number of halogens is 1. The number of rotatable bonds is 1. The van der Waals surface area contributed by atoms with Crippen molar-refractivity contribution in [3.63, 3.8) is 0 Å². The van der Waals surface area contributed by atoms with Crippen molar-refractivity contribution in [2.75, 3.05) is 0 Å². The van der Waals surface area contributed by atoms with E-state index in [1.54, 1.807) is 0 Å². The van der Waals surface area contributed by atoms with Crippen molar-refractivity contribution in [3.05, 3.63) is 41.5 Å². The number of allylic oxidation sites excluding steroid dienone is 1. The predicted octanol–water partition coefficient (Wildman–Crippen LogP) is 3.58. The molecule has 62 valence electrons. The van der Waals surface area contributed by atoms with E-state index >= 15 is 0 Å². The summed E-state index contributed by atoms with van der Waals surface area (Å²) in [6.07, 6.45) is 4.47. The smallest absolute Gasteiger partial charge is 0.0221 e. The van der Waals surface area contributed by atoms with Crippen LogP contribution in [-0.2, 0) is 0 Å². The maximum atomic E-state index is 3.62. The van der Waals surface area contributed by atoms with Crippen LogP contribution in [0.5, 0.6) is 0 Å². The average Bonchev–Trinajstić information content (AvgIpc) is 2.47. The summed E-state index contributed by atoms with van der Waals surface area (Å²) in [5.41, 5.74) is 2.82. The summed E-state index contributed by atoms with van der Waals surface area (Å²) in [6.45, 7) is 2.19. The van der Waals surface area contributed by atoms with Crippen LogP contribution < -0.4 is 0 Å². The van der Waals surface area contributed by atoms with Crippen molar-refractivity contribution < 1.29 is 0 Å². The van der Waals surface area contributed by atoms with E-state index < -0.39 is 0 Å². The SMILES string of the molecule is C[C@@H](Br)[C@@H]1C=Cc2ccccc21. The molecule has 0 saturated heterocycles. The molecule has 1 aliphatic rings. The molecule has 2 atom stereocenters. The first-order valence-corrected chi connectivity index (χ1v) is 5.12. The van der Waals surface area contributed by atoms with Crippen LogP contribution in [0.4, 0.5) is 0 Å². The van der Waals surface area contributed by atoms with Gasteiger partial charge in [-0.2, -0.15) is 0 Å². The Hall–Kier alpha value is -0.560. The summed E-state index contributed by atoms with van der Waals surface area (Å²) in [5.74, 6) is 0.557. The Labute approximate surface area is 81.4 Å². The molecule has 0 nitrogen and oxygen atoms in total. The number of alkyl halides is 1. The van der Waals surface area contributed by atoms with E-state index in [0.717, 1.165) is 0 Å². The summed E-state index contributed by atoms with van der Waals surface area (Å²) < 4.78 is 0. The van der Waals surface area contributed by atoms with Crippen LogP contribution in [0.2, 0.25) is 0 Å². The second-order valence-corrected chi connectivity index (χ2v) is 4.64. The number of fused-ring (bicyclic) bond motifs is 1. The Morgan fingerprint density at radius 3 is 2.83 bits per heavy atom. The van der Waals surface area contributed by atoms with Crippen molar-refractivity contribution in [3.8, 4) is 0 Å². The molecule has 0 heterocycles. The minimum atomic E-state index is 0.525. The lowest BCUT2D eigenvalue weighted by atomic mass is 9.99. The van der Waals surface area contributed by atoms with Crippen LogP contribution >= 0.6 is 15.9 Å². The van der Waals surface area contributed by atoms with Gasteiger partial charge in [0.1, 0.15) is 0 Å². The first-order chi connectivity index (χ1) is 5.79. The van der Waals surface area contributed by atoms with Crippen LogP contribution in [-0.4, -0.2) is 4.83 Å². The fourth-order valence-electron chi connectivity index (χ4n) is 1.68. The van der Waals surface area contributed by atoms with Gasteiger partial charge in [-0.3, -0.25) is 0 Å². The van der Waals surface area contributed by atoms with E-state index in [-0.39, 0.29) is 0 Å². The zero-order valence-electron chi connectivity index (χ0n) is 7.00. The van der Waals surface area contributed by atoms with E-state index in [1.807, 2.05) is 0 Å². The molecule has 0 N–H and O–H groups in total. The third-order valence-corrected chi connectivity index (χ3v) is 2.90. The van der Waals surface area contributed by atoms with Gasteiger partial charge < -0.3 is 0 Å². The molecule has 12 heavy (non-hydrogen) atoms. The van der Waals surface area contributed by atoms with Crippen molar-refractivity contribution in [1.82, 2.24) is 0 Å². The van der Waals surface area contributed by atoms with Gasteiger partial charge in [-0.25, -0.2) is 0 Å². The third kappa shape index (κ3) is 1.22. The molecule has 0 unspecified atom stereocenters. The first kappa shape index (κ1) is 8.06. The normalized spacial score (nSPS) is 22.3. The third-order valence-electron chi connectivity index (χ3n) is 2.33. The standard InChI is InChI=1S/C11H11Br/c1-8(12)10-7-6-9-4-2-3-5-11(9)10/h2-8,10H,1H3/t8-,10+/m1/s1. The zero-order valence-corrected chi connectivity index (χ0v) is 8.58. The van der Waals surface area contributed by atoms with Crippen LogP contribution in [0.3, 0.4) is 0 Å². The predicted molar refractivity (Wildman–Crippen MR) is 56.6 cm³/mol. The number of benzene rings is 1. The van der Waals surface area contributed by atoms with Crippen molar-refractivity contribution in [2.24, 2.45) is 0 Å². The lowest BCUT2D eigenvalue weighted by Gasteiger charge is -2.12. The monoisotopic (exact) mass is 222 g/mol. The van der Waals surface area contributed by atoms with Crippen LogP contribution in [0.25, 0.3) is 6.08 Å². The van der Waals surface area contributed by atoms with E-state index in [0.29, 0.717) is 10.7 Å². The van der Waals surface area contributed by atoms with Crippen LogP contribution in [0.15, 0.2) is 30.3 Å². The molecule has 0 aromatic heterocycles. The van der Waals surface area contributed by atoms with Crippen LogP contribution in [0, 0.1) is 0 Å². The number of hydrogen-bond acceptors (Lipinski definition) is 0. The second-order valence-electron chi connectivity index (χ2n) is 3.19. The molecule has 0 fully saturated rings. The molecular weight excluding hydrogens is 212 g/mol. The highest BCUT2D eigenvalue weighted by Crippen LogP contribution is 2.34. The van der Waals surface area contributed by atoms with Gasteiger partial charge in [0, 0.05) is 10.7 Å². The van der Waals surface area contributed by atoms with Crippen molar-refractivity contribution in [2.45, 2.75) is 17.7 Å². The lowest BCUT2D eigenvalue weighted by Crippen LogP contribution is -2.03. The quantitative estimate of drug-likeness (QED) is 0.638. The summed E-state index contributed by atoms with van der Waals surface area (Å²) in [4.78, 5) is 0.525. The Morgan fingerprint density at radius 1 is 1.33 bits per heavy atom. The van der Waals surface area contributed by atoms with Gasteiger partial charge in [-0.05, 0) is 11.1 Å². The Bertz CT molecular complexity index is 313. The molecule has 0 radical (unpaired) electrons. The van der Waals surface area contributed by atoms with Gasteiger partial charge >= 0.3 is 0 Å². The van der Waals surface area contributed by atoms with Gasteiger partial charge in [0.25, 0.3) is 0 Å². The van der Waals surface area contributed by atoms with Gasteiger partial charge in [-0.1, -0.05) is 59.3 Å². The summed E-state index contributed by atoms with van der Waals surface area (Å²) >= 11 is 3.62. The molecule has 1 aliphatic carbocycles. The molecule has 0 amide bonds. The molecule has 1 heteroatoms. The zero-order chi connectivity index (χ0) is 8.55. The van der Waals surface area contributed by atoms with Gasteiger partial charge in [0.15, 0.2) is 0 Å². The van der Waals surface area contributed by atoms with Gasteiger partial charge in [0.2, 0.25) is 0 Å². The molecule has 0 aliphatic heterocycles. The van der Waals surface area contributed by atoms with Gasteiger partial charge in [0.05, 0.1) is 0 Å². The maximum Gasteiger partial charge on any atom is 0.0221 e. The summed E-state index contributed by atoms with van der Waals surface area (Å²) in [5, 5.41) is 0. The van der Waals surface area contributed by atoms with E-state index in [1.165, 1.54) is 11.1 Å². The maximum absolute atomic E-state index is 3.62. The molecule has 0 saturated carbocycles. The molecule has 1 aromatic rings. The highest BCUT2D eigenvalue weighted by atomic mass is 79.9. The molecule has 1 aromatic carbocycles. The van der Waals surface area contributed by atoms with Gasteiger partial charge in [-0.15, -0.1) is 0 Å². The average molecular weight is 223 g/mol. The molecule has 0 spiro atoms. The van der Waals surface area contributed by atoms with Crippen LogP contribution in [0.1, 0.15) is 24.0 Å². The Morgan fingerprint density at radius 2 is 2.08 bits per heavy atom. The Balaban J connectivity index is 2.42. The van der Waals surface area contributed by atoms with E-state index in [9.17, 15) is 0 Å². The summed E-state index contributed by atoms with van der Waals surface area (Å²) in [7, 11) is 0. The molecular formula is C11H11Br. The minimum absolute atomic E-state index is 0.525. The highest BCUT2D eigenvalue weighted by Gasteiger charge is 2.19.